The van der Waals surface area contributed by atoms with Crippen molar-refractivity contribution in [2.45, 2.75) is 13.8 Å². The Morgan fingerprint density at radius 1 is 1.05 bits per heavy atom. The molecule has 2 rings (SSSR count). The zero-order valence-electron chi connectivity index (χ0n) is 11.4. The molecule has 0 atom stereocenters. The Morgan fingerprint density at radius 2 is 1.79 bits per heavy atom. The summed E-state index contributed by atoms with van der Waals surface area (Å²) in [5.74, 6) is 0.844. The van der Waals surface area contributed by atoms with E-state index in [-0.39, 0.29) is 0 Å². The third-order valence-electron chi connectivity index (χ3n) is 3.17. The lowest BCUT2D eigenvalue weighted by molar-refractivity contribution is 0.333. The van der Waals surface area contributed by atoms with E-state index < -0.39 is 0 Å². The average Bonchev–Trinajstić information content (AvgIpc) is 2.41. The Kier molecular flexibility index (Phi) is 4.29. The third-order valence-corrected chi connectivity index (χ3v) is 3.17. The van der Waals surface area contributed by atoms with Crippen LogP contribution < -0.4 is 15.8 Å². The van der Waals surface area contributed by atoms with Crippen LogP contribution in [0.15, 0.2) is 42.5 Å². The molecule has 0 aliphatic carbocycles. The number of nitrogens with two attached hydrogens (primary N) is 1. The van der Waals surface area contributed by atoms with E-state index in [2.05, 4.69) is 37.4 Å². The second-order valence-corrected chi connectivity index (χ2v) is 4.59. The highest BCUT2D eigenvalue weighted by atomic mass is 16.5. The van der Waals surface area contributed by atoms with Gasteiger partial charge in [0.05, 0.1) is 0 Å². The quantitative estimate of drug-likeness (QED) is 0.637. The van der Waals surface area contributed by atoms with Gasteiger partial charge in [-0.15, -0.1) is 0 Å². The van der Waals surface area contributed by atoms with Crippen LogP contribution in [0, 0.1) is 13.8 Å². The number of anilines is 2. The van der Waals surface area contributed by atoms with Crippen LogP contribution in [0.3, 0.4) is 0 Å². The van der Waals surface area contributed by atoms with E-state index in [0.29, 0.717) is 6.61 Å². The molecule has 3 N–H and O–H groups in total. The van der Waals surface area contributed by atoms with E-state index in [4.69, 9.17) is 10.5 Å². The average molecular weight is 256 g/mol. The largest absolute Gasteiger partial charge is 0.492 e. The van der Waals surface area contributed by atoms with Gasteiger partial charge in [0.25, 0.3) is 0 Å². The van der Waals surface area contributed by atoms with Crippen molar-refractivity contribution in [2.24, 2.45) is 0 Å². The fourth-order valence-corrected chi connectivity index (χ4v) is 1.86. The van der Waals surface area contributed by atoms with Gasteiger partial charge in [0.1, 0.15) is 12.4 Å². The molecular formula is C16H20N2O. The Hall–Kier alpha value is -2.16. The van der Waals surface area contributed by atoms with Crippen LogP contribution >= 0.6 is 0 Å². The topological polar surface area (TPSA) is 47.3 Å². The normalized spacial score (nSPS) is 10.2. The fraction of sp³-hybridized carbons (Fsp3) is 0.250. The van der Waals surface area contributed by atoms with Crippen molar-refractivity contribution in [3.63, 3.8) is 0 Å². The van der Waals surface area contributed by atoms with Crippen LogP contribution in [0.4, 0.5) is 11.4 Å². The summed E-state index contributed by atoms with van der Waals surface area (Å²) in [5, 5.41) is 3.39. The molecule has 19 heavy (non-hydrogen) atoms. The second kappa shape index (κ2) is 6.14. The highest BCUT2D eigenvalue weighted by molar-refractivity contribution is 5.53. The summed E-state index contributed by atoms with van der Waals surface area (Å²) in [7, 11) is 0. The Morgan fingerprint density at radius 3 is 2.53 bits per heavy atom. The predicted molar refractivity (Wildman–Crippen MR) is 80.8 cm³/mol. The van der Waals surface area contributed by atoms with E-state index in [9.17, 15) is 0 Å². The van der Waals surface area contributed by atoms with Gasteiger partial charge in [-0.1, -0.05) is 12.1 Å². The summed E-state index contributed by atoms with van der Waals surface area (Å²) in [6.07, 6.45) is 0. The molecule has 0 radical (unpaired) electrons. The molecule has 0 saturated heterocycles. The fourth-order valence-electron chi connectivity index (χ4n) is 1.86. The molecular weight excluding hydrogens is 236 g/mol. The third kappa shape index (κ3) is 3.65. The number of aryl methyl sites for hydroxylation is 1. The van der Waals surface area contributed by atoms with E-state index in [1.54, 1.807) is 0 Å². The molecule has 0 aliphatic heterocycles. The number of nitrogens with one attached hydrogen (secondary N) is 1. The Balaban J connectivity index is 1.81. The van der Waals surface area contributed by atoms with Gasteiger partial charge in [0, 0.05) is 17.9 Å². The highest BCUT2D eigenvalue weighted by Gasteiger charge is 1.99. The smallest absolute Gasteiger partial charge is 0.119 e. The standard InChI is InChI=1S/C16H20N2O/c1-12-4-3-5-16(13(12)2)18-10-11-19-15-8-6-14(17)7-9-15/h3-9,18H,10-11,17H2,1-2H3. The number of hydrogen-bond acceptors (Lipinski definition) is 3. The van der Waals surface area contributed by atoms with E-state index in [1.165, 1.54) is 16.8 Å². The van der Waals surface area contributed by atoms with Crippen molar-refractivity contribution in [1.82, 2.24) is 0 Å². The van der Waals surface area contributed by atoms with Gasteiger partial charge >= 0.3 is 0 Å². The van der Waals surface area contributed by atoms with E-state index >= 15 is 0 Å². The predicted octanol–water partition coefficient (Wildman–Crippen LogP) is 3.38. The molecule has 0 aliphatic rings. The molecule has 100 valence electrons. The molecule has 2 aromatic rings. The maximum atomic E-state index is 5.63. The minimum atomic E-state index is 0.622. The zero-order chi connectivity index (χ0) is 13.7. The molecule has 0 bridgehead atoms. The number of hydrogen-bond donors (Lipinski definition) is 2. The van der Waals surface area contributed by atoms with Crippen LogP contribution in [0.2, 0.25) is 0 Å². The maximum absolute atomic E-state index is 5.63. The SMILES string of the molecule is Cc1cccc(NCCOc2ccc(N)cc2)c1C. The van der Waals surface area contributed by atoms with Gasteiger partial charge in [-0.3, -0.25) is 0 Å². The van der Waals surface area contributed by atoms with Crippen LogP contribution in [-0.2, 0) is 0 Å². The van der Waals surface area contributed by atoms with Crippen LogP contribution in [0.5, 0.6) is 5.75 Å². The summed E-state index contributed by atoms with van der Waals surface area (Å²) in [6, 6.07) is 13.7. The Bertz CT molecular complexity index is 535. The lowest BCUT2D eigenvalue weighted by Gasteiger charge is -2.12. The molecule has 3 heteroatoms. The zero-order valence-corrected chi connectivity index (χ0v) is 11.4. The minimum absolute atomic E-state index is 0.622. The van der Waals surface area contributed by atoms with Crippen molar-refractivity contribution >= 4 is 11.4 Å². The van der Waals surface area contributed by atoms with Gasteiger partial charge in [0.15, 0.2) is 0 Å². The van der Waals surface area contributed by atoms with E-state index in [1.807, 2.05) is 24.3 Å². The molecule has 3 nitrogen and oxygen atoms in total. The maximum Gasteiger partial charge on any atom is 0.119 e. The van der Waals surface area contributed by atoms with Crippen LogP contribution in [0.25, 0.3) is 0 Å². The first kappa shape index (κ1) is 13.3. The van der Waals surface area contributed by atoms with E-state index in [0.717, 1.165) is 18.0 Å². The lowest BCUT2D eigenvalue weighted by Crippen LogP contribution is -2.12. The van der Waals surface area contributed by atoms with Crippen molar-refractivity contribution in [2.75, 3.05) is 24.2 Å². The minimum Gasteiger partial charge on any atom is -0.492 e. The van der Waals surface area contributed by atoms with Crippen molar-refractivity contribution in [3.8, 4) is 5.75 Å². The highest BCUT2D eigenvalue weighted by Crippen LogP contribution is 2.17. The van der Waals surface area contributed by atoms with Gasteiger partial charge < -0.3 is 15.8 Å². The molecule has 0 fully saturated rings. The van der Waals surface area contributed by atoms with Crippen LogP contribution in [0.1, 0.15) is 11.1 Å². The van der Waals surface area contributed by atoms with Gasteiger partial charge in [-0.2, -0.15) is 0 Å². The first-order chi connectivity index (χ1) is 9.16. The molecule has 0 unspecified atom stereocenters. The number of ether oxygens (including phenoxy) is 1. The second-order valence-electron chi connectivity index (χ2n) is 4.59. The summed E-state index contributed by atoms with van der Waals surface area (Å²) >= 11 is 0. The van der Waals surface area contributed by atoms with Crippen molar-refractivity contribution in [3.05, 3.63) is 53.6 Å². The summed E-state index contributed by atoms with van der Waals surface area (Å²) in [4.78, 5) is 0. The van der Waals surface area contributed by atoms with Crippen molar-refractivity contribution < 1.29 is 4.74 Å². The summed E-state index contributed by atoms with van der Waals surface area (Å²) in [6.45, 7) is 5.63. The summed E-state index contributed by atoms with van der Waals surface area (Å²) in [5.41, 5.74) is 10.1. The molecule has 0 heterocycles. The van der Waals surface area contributed by atoms with Crippen molar-refractivity contribution in [1.29, 1.82) is 0 Å². The lowest BCUT2D eigenvalue weighted by atomic mass is 10.1. The Labute approximate surface area is 114 Å². The first-order valence-corrected chi connectivity index (χ1v) is 6.45. The monoisotopic (exact) mass is 256 g/mol. The molecule has 0 aromatic heterocycles. The first-order valence-electron chi connectivity index (χ1n) is 6.45. The summed E-state index contributed by atoms with van der Waals surface area (Å²) < 4.78 is 5.63. The molecule has 0 saturated carbocycles. The molecule has 2 aromatic carbocycles. The van der Waals surface area contributed by atoms with Gasteiger partial charge in [-0.05, 0) is 55.3 Å². The molecule has 0 spiro atoms. The number of nitrogen functional groups attached to an aromatic ring is 1. The van der Waals surface area contributed by atoms with Gasteiger partial charge in [0.2, 0.25) is 0 Å². The van der Waals surface area contributed by atoms with Gasteiger partial charge in [-0.25, -0.2) is 0 Å². The number of benzene rings is 2. The van der Waals surface area contributed by atoms with Crippen LogP contribution in [-0.4, -0.2) is 13.2 Å². The molecule has 0 amide bonds. The number of rotatable bonds is 5.